The fourth-order valence-electron chi connectivity index (χ4n) is 5.63. The molecule has 5 aromatic rings. The standard InChI is InChI=1S/C32H29Cl2N5O/c33-25-12-13-28(29(34)21-25)32-36-31(23-14-16-35-17-15-23)37-39(32)19-18-38(26-9-2-3-10-26)30(40)20-24-8-5-7-22-6-1-4-11-27(22)24/h1,4-8,11-17,21,26H,2-3,9-10,18-20H2. The predicted molar refractivity (Wildman–Crippen MR) is 160 cm³/mol. The Morgan fingerprint density at radius 2 is 1.73 bits per heavy atom. The van der Waals surface area contributed by atoms with Crippen molar-refractivity contribution in [3.05, 3.63) is 101 Å². The van der Waals surface area contributed by atoms with Gasteiger partial charge in [-0.3, -0.25) is 9.78 Å². The fourth-order valence-corrected chi connectivity index (χ4v) is 6.12. The van der Waals surface area contributed by atoms with Crippen LogP contribution in [0.15, 0.2) is 85.2 Å². The van der Waals surface area contributed by atoms with Gasteiger partial charge in [0.05, 0.1) is 18.0 Å². The first-order valence-corrected chi connectivity index (χ1v) is 14.4. The quantitative estimate of drug-likeness (QED) is 0.194. The third-order valence-electron chi connectivity index (χ3n) is 7.64. The van der Waals surface area contributed by atoms with Crippen molar-refractivity contribution in [3.8, 4) is 22.8 Å². The van der Waals surface area contributed by atoms with E-state index in [0.29, 0.717) is 41.2 Å². The lowest BCUT2D eigenvalue weighted by Crippen LogP contribution is -2.42. The Kier molecular flexibility index (Phi) is 7.80. The summed E-state index contributed by atoms with van der Waals surface area (Å²) in [6, 6.07) is 23.8. The molecule has 0 aliphatic heterocycles. The summed E-state index contributed by atoms with van der Waals surface area (Å²) in [5, 5.41) is 8.19. The van der Waals surface area contributed by atoms with E-state index in [0.717, 1.165) is 53.1 Å². The zero-order chi connectivity index (χ0) is 27.5. The summed E-state index contributed by atoms with van der Waals surface area (Å²) in [6.07, 6.45) is 8.14. The van der Waals surface area contributed by atoms with E-state index in [1.54, 1.807) is 24.5 Å². The summed E-state index contributed by atoms with van der Waals surface area (Å²) < 4.78 is 1.86. The number of amides is 1. The van der Waals surface area contributed by atoms with Gasteiger partial charge in [-0.2, -0.15) is 5.10 Å². The monoisotopic (exact) mass is 569 g/mol. The van der Waals surface area contributed by atoms with E-state index >= 15 is 0 Å². The Hall–Kier alpha value is -3.74. The van der Waals surface area contributed by atoms with Crippen LogP contribution < -0.4 is 0 Å². The van der Waals surface area contributed by atoms with E-state index in [-0.39, 0.29) is 11.9 Å². The minimum absolute atomic E-state index is 0.142. The summed E-state index contributed by atoms with van der Waals surface area (Å²) in [5.74, 6) is 1.36. The van der Waals surface area contributed by atoms with Crippen molar-refractivity contribution in [3.63, 3.8) is 0 Å². The minimum Gasteiger partial charge on any atom is -0.338 e. The first-order chi connectivity index (χ1) is 19.6. The number of halogens is 2. The second-order valence-corrected chi connectivity index (χ2v) is 11.0. The highest BCUT2D eigenvalue weighted by Crippen LogP contribution is 2.31. The molecule has 1 saturated carbocycles. The van der Waals surface area contributed by atoms with Crippen LogP contribution in [0.25, 0.3) is 33.5 Å². The Morgan fingerprint density at radius 1 is 0.950 bits per heavy atom. The van der Waals surface area contributed by atoms with Gasteiger partial charge in [0, 0.05) is 41.1 Å². The number of fused-ring (bicyclic) bond motifs is 1. The topological polar surface area (TPSA) is 63.9 Å². The largest absolute Gasteiger partial charge is 0.338 e. The number of rotatable bonds is 8. The van der Waals surface area contributed by atoms with E-state index < -0.39 is 0 Å². The van der Waals surface area contributed by atoms with Crippen LogP contribution in [0.3, 0.4) is 0 Å². The Bertz CT molecular complexity index is 1640. The average Bonchev–Trinajstić information content (AvgIpc) is 3.65. The van der Waals surface area contributed by atoms with Gasteiger partial charge in [-0.1, -0.05) is 78.5 Å². The van der Waals surface area contributed by atoms with Gasteiger partial charge < -0.3 is 4.90 Å². The van der Waals surface area contributed by atoms with E-state index in [2.05, 4.69) is 34.1 Å². The van der Waals surface area contributed by atoms with E-state index in [1.807, 2.05) is 41.1 Å². The number of carbonyl (C=O) groups excluding carboxylic acids is 1. The molecule has 1 aliphatic carbocycles. The third-order valence-corrected chi connectivity index (χ3v) is 8.19. The number of aromatic nitrogens is 4. The van der Waals surface area contributed by atoms with E-state index in [4.69, 9.17) is 33.3 Å². The van der Waals surface area contributed by atoms with Crippen molar-refractivity contribution in [2.75, 3.05) is 6.54 Å². The lowest BCUT2D eigenvalue weighted by atomic mass is 10.0. The van der Waals surface area contributed by atoms with Crippen LogP contribution >= 0.6 is 23.2 Å². The molecule has 3 aromatic carbocycles. The first-order valence-electron chi connectivity index (χ1n) is 13.6. The smallest absolute Gasteiger partial charge is 0.227 e. The van der Waals surface area contributed by atoms with E-state index in [9.17, 15) is 4.79 Å². The molecule has 0 radical (unpaired) electrons. The maximum Gasteiger partial charge on any atom is 0.227 e. The van der Waals surface area contributed by atoms with Gasteiger partial charge in [-0.15, -0.1) is 0 Å². The van der Waals surface area contributed by atoms with Gasteiger partial charge in [0.1, 0.15) is 0 Å². The van der Waals surface area contributed by atoms with Crippen LogP contribution in [0.4, 0.5) is 0 Å². The van der Waals surface area contributed by atoms with Gasteiger partial charge in [-0.25, -0.2) is 9.67 Å². The lowest BCUT2D eigenvalue weighted by molar-refractivity contribution is -0.132. The first kappa shape index (κ1) is 26.5. The van der Waals surface area contributed by atoms with Crippen LogP contribution in [0.2, 0.25) is 10.0 Å². The molecular weight excluding hydrogens is 541 g/mol. The number of hydrogen-bond acceptors (Lipinski definition) is 4. The number of nitrogens with zero attached hydrogens (tertiary/aromatic N) is 5. The molecule has 0 atom stereocenters. The van der Waals surface area contributed by atoms with Gasteiger partial charge in [0.15, 0.2) is 11.6 Å². The van der Waals surface area contributed by atoms with Crippen molar-refractivity contribution in [1.82, 2.24) is 24.6 Å². The van der Waals surface area contributed by atoms with Gasteiger partial charge in [0.2, 0.25) is 5.91 Å². The highest BCUT2D eigenvalue weighted by molar-refractivity contribution is 6.36. The number of pyridine rings is 1. The number of hydrogen-bond donors (Lipinski definition) is 0. The van der Waals surface area contributed by atoms with Gasteiger partial charge >= 0.3 is 0 Å². The minimum atomic E-state index is 0.142. The van der Waals surface area contributed by atoms with Crippen molar-refractivity contribution in [2.24, 2.45) is 0 Å². The van der Waals surface area contributed by atoms with Crippen molar-refractivity contribution in [2.45, 2.75) is 44.7 Å². The molecule has 0 unspecified atom stereocenters. The normalized spacial score (nSPS) is 13.7. The van der Waals surface area contributed by atoms with Crippen LogP contribution in [-0.4, -0.2) is 43.1 Å². The van der Waals surface area contributed by atoms with Gasteiger partial charge in [-0.05, 0) is 59.5 Å². The Balaban J connectivity index is 1.31. The number of carbonyl (C=O) groups is 1. The second kappa shape index (κ2) is 11.8. The van der Waals surface area contributed by atoms with Crippen molar-refractivity contribution >= 4 is 39.9 Å². The summed E-state index contributed by atoms with van der Waals surface area (Å²) in [4.78, 5) is 24.9. The fraction of sp³-hybridized carbons (Fsp3) is 0.250. The summed E-state index contributed by atoms with van der Waals surface area (Å²) in [5.41, 5.74) is 2.66. The predicted octanol–water partition coefficient (Wildman–Crippen LogP) is 7.48. The molecular formula is C32H29Cl2N5O. The van der Waals surface area contributed by atoms with E-state index in [1.165, 1.54) is 0 Å². The van der Waals surface area contributed by atoms with Crippen molar-refractivity contribution < 1.29 is 4.79 Å². The third kappa shape index (κ3) is 5.60. The second-order valence-electron chi connectivity index (χ2n) is 10.2. The highest BCUT2D eigenvalue weighted by Gasteiger charge is 2.27. The summed E-state index contributed by atoms with van der Waals surface area (Å²) in [7, 11) is 0. The Labute approximate surface area is 243 Å². The molecule has 1 amide bonds. The lowest BCUT2D eigenvalue weighted by Gasteiger charge is -2.29. The molecule has 6 rings (SSSR count). The zero-order valence-corrected chi connectivity index (χ0v) is 23.5. The maximum atomic E-state index is 13.9. The maximum absolute atomic E-state index is 13.9. The molecule has 8 heteroatoms. The SMILES string of the molecule is O=C(Cc1cccc2ccccc12)N(CCn1nc(-c2ccncc2)nc1-c1ccc(Cl)cc1Cl)C1CCCC1. The molecule has 202 valence electrons. The molecule has 0 saturated heterocycles. The molecule has 40 heavy (non-hydrogen) atoms. The molecule has 6 nitrogen and oxygen atoms in total. The average molecular weight is 571 g/mol. The summed E-state index contributed by atoms with van der Waals surface area (Å²) in [6.45, 7) is 1.02. The van der Waals surface area contributed by atoms with Crippen LogP contribution in [0, 0.1) is 0 Å². The number of benzene rings is 3. The molecule has 0 N–H and O–H groups in total. The molecule has 1 fully saturated rings. The molecule has 0 spiro atoms. The summed E-state index contributed by atoms with van der Waals surface area (Å²) >= 11 is 12.8. The van der Waals surface area contributed by atoms with Crippen LogP contribution in [0.1, 0.15) is 31.2 Å². The van der Waals surface area contributed by atoms with Gasteiger partial charge in [0.25, 0.3) is 0 Å². The van der Waals surface area contributed by atoms with Crippen LogP contribution in [0.5, 0.6) is 0 Å². The van der Waals surface area contributed by atoms with Crippen LogP contribution in [-0.2, 0) is 17.8 Å². The molecule has 2 heterocycles. The molecule has 2 aromatic heterocycles. The Morgan fingerprint density at radius 3 is 2.52 bits per heavy atom. The zero-order valence-electron chi connectivity index (χ0n) is 22.0. The highest BCUT2D eigenvalue weighted by atomic mass is 35.5. The van der Waals surface area contributed by atoms with Crippen molar-refractivity contribution in [1.29, 1.82) is 0 Å². The molecule has 1 aliphatic rings. The molecule has 0 bridgehead atoms.